The summed E-state index contributed by atoms with van der Waals surface area (Å²) in [5.74, 6) is -2.05. The lowest BCUT2D eigenvalue weighted by molar-refractivity contribution is -0.157. The van der Waals surface area contributed by atoms with Gasteiger partial charge in [-0.25, -0.2) is 15.0 Å². The topological polar surface area (TPSA) is 92.7 Å². The molecule has 1 unspecified atom stereocenters. The molecule has 0 radical (unpaired) electrons. The fraction of sp³-hybridized carbons (Fsp3) is 0.389. The Morgan fingerprint density at radius 2 is 2.04 bits per heavy atom. The van der Waals surface area contributed by atoms with Crippen molar-refractivity contribution in [3.8, 4) is 0 Å². The van der Waals surface area contributed by atoms with Crippen molar-refractivity contribution in [2.24, 2.45) is 5.92 Å². The molecule has 26 heavy (non-hydrogen) atoms. The van der Waals surface area contributed by atoms with E-state index in [0.717, 1.165) is 16.1 Å². The van der Waals surface area contributed by atoms with Crippen molar-refractivity contribution >= 4 is 28.8 Å². The van der Waals surface area contributed by atoms with Gasteiger partial charge in [-0.3, -0.25) is 19.4 Å². The molecule has 3 rings (SSSR count). The number of fused-ring (bicyclic) bond motifs is 1. The zero-order valence-electron chi connectivity index (χ0n) is 14.7. The number of hydrazine groups is 1. The van der Waals surface area contributed by atoms with Gasteiger partial charge in [-0.2, -0.15) is 0 Å². The molecule has 0 aromatic carbocycles. The van der Waals surface area contributed by atoms with Crippen LogP contribution in [0.15, 0.2) is 30.5 Å². The SMILES string of the molecule is CCOC(=O)CN1C(=O)C(CCc2ccc3cccnc3n2)C(=O)N1C. The van der Waals surface area contributed by atoms with E-state index in [-0.39, 0.29) is 25.0 Å². The molecule has 2 amide bonds. The average molecular weight is 356 g/mol. The molecule has 1 fully saturated rings. The van der Waals surface area contributed by atoms with Gasteiger partial charge in [-0.1, -0.05) is 0 Å². The Morgan fingerprint density at radius 1 is 1.23 bits per heavy atom. The molecule has 3 heterocycles. The molecule has 1 aliphatic rings. The van der Waals surface area contributed by atoms with Gasteiger partial charge >= 0.3 is 5.97 Å². The number of hydrogen-bond acceptors (Lipinski definition) is 6. The molecule has 0 bridgehead atoms. The largest absolute Gasteiger partial charge is 0.465 e. The van der Waals surface area contributed by atoms with E-state index < -0.39 is 11.9 Å². The second-order valence-electron chi connectivity index (χ2n) is 6.01. The summed E-state index contributed by atoms with van der Waals surface area (Å²) in [6, 6.07) is 7.55. The zero-order chi connectivity index (χ0) is 18.7. The number of carbonyl (C=O) groups excluding carboxylic acids is 3. The summed E-state index contributed by atoms with van der Waals surface area (Å²) in [5.41, 5.74) is 1.40. The summed E-state index contributed by atoms with van der Waals surface area (Å²) in [6.07, 6.45) is 2.47. The minimum Gasteiger partial charge on any atom is -0.465 e. The number of ether oxygens (including phenoxy) is 1. The maximum atomic E-state index is 12.5. The molecule has 2 aromatic rings. The molecule has 0 aliphatic carbocycles. The van der Waals surface area contributed by atoms with Crippen LogP contribution in [-0.2, 0) is 25.5 Å². The number of nitrogens with zero attached hydrogens (tertiary/aromatic N) is 4. The summed E-state index contributed by atoms with van der Waals surface area (Å²) in [4.78, 5) is 45.2. The first-order chi connectivity index (χ1) is 12.5. The van der Waals surface area contributed by atoms with E-state index in [4.69, 9.17) is 4.74 Å². The molecule has 1 saturated heterocycles. The second kappa shape index (κ2) is 7.47. The maximum absolute atomic E-state index is 12.5. The van der Waals surface area contributed by atoms with E-state index in [1.807, 2.05) is 24.3 Å². The van der Waals surface area contributed by atoms with E-state index in [1.54, 1.807) is 13.1 Å². The zero-order valence-corrected chi connectivity index (χ0v) is 14.7. The standard InChI is InChI=1S/C18H20N4O4/c1-3-26-15(23)11-22-18(25)14(17(24)21(22)2)9-8-13-7-6-12-5-4-10-19-16(12)20-13/h4-7,10,14H,3,8-9,11H2,1-2H3. The van der Waals surface area contributed by atoms with Crippen molar-refractivity contribution in [3.05, 3.63) is 36.2 Å². The average Bonchev–Trinajstić information content (AvgIpc) is 2.83. The van der Waals surface area contributed by atoms with Gasteiger partial charge in [0.15, 0.2) is 5.65 Å². The van der Waals surface area contributed by atoms with Gasteiger partial charge in [0.2, 0.25) is 0 Å². The number of rotatable bonds is 6. The lowest BCUT2D eigenvalue weighted by Gasteiger charge is -2.22. The molecule has 8 nitrogen and oxygen atoms in total. The molecule has 0 spiro atoms. The summed E-state index contributed by atoms with van der Waals surface area (Å²) in [7, 11) is 1.48. The Bertz CT molecular complexity index is 854. The fourth-order valence-electron chi connectivity index (χ4n) is 2.96. The van der Waals surface area contributed by atoms with E-state index in [2.05, 4.69) is 9.97 Å². The molecular formula is C18H20N4O4. The normalized spacial score (nSPS) is 17.2. The van der Waals surface area contributed by atoms with E-state index in [1.165, 1.54) is 12.1 Å². The minimum absolute atomic E-state index is 0.226. The highest BCUT2D eigenvalue weighted by atomic mass is 16.5. The van der Waals surface area contributed by atoms with E-state index >= 15 is 0 Å². The Kier molecular flexibility index (Phi) is 5.11. The van der Waals surface area contributed by atoms with Gasteiger partial charge in [0.1, 0.15) is 12.5 Å². The smallest absolute Gasteiger partial charge is 0.327 e. The first kappa shape index (κ1) is 17.8. The first-order valence-electron chi connectivity index (χ1n) is 8.46. The van der Waals surface area contributed by atoms with Crippen molar-refractivity contribution in [3.63, 3.8) is 0 Å². The predicted molar refractivity (Wildman–Crippen MR) is 92.5 cm³/mol. The number of aromatic nitrogens is 2. The predicted octanol–water partition coefficient (Wildman–Crippen LogP) is 0.957. The lowest BCUT2D eigenvalue weighted by atomic mass is 10.0. The van der Waals surface area contributed by atoms with Crippen LogP contribution in [0.5, 0.6) is 0 Å². The molecule has 2 aromatic heterocycles. The van der Waals surface area contributed by atoms with Gasteiger partial charge in [0, 0.05) is 24.3 Å². The third-order valence-corrected chi connectivity index (χ3v) is 4.33. The minimum atomic E-state index is -0.810. The molecule has 8 heteroatoms. The molecule has 136 valence electrons. The van der Waals surface area contributed by atoms with Crippen LogP contribution in [0.2, 0.25) is 0 Å². The van der Waals surface area contributed by atoms with Crippen LogP contribution in [0.3, 0.4) is 0 Å². The first-order valence-corrected chi connectivity index (χ1v) is 8.46. The summed E-state index contributed by atoms with van der Waals surface area (Å²) >= 11 is 0. The number of pyridine rings is 2. The summed E-state index contributed by atoms with van der Waals surface area (Å²) in [6.45, 7) is 1.65. The second-order valence-corrected chi connectivity index (χ2v) is 6.01. The van der Waals surface area contributed by atoms with Crippen molar-refractivity contribution in [1.82, 2.24) is 20.0 Å². The van der Waals surface area contributed by atoms with Crippen LogP contribution in [0, 0.1) is 5.92 Å². The van der Waals surface area contributed by atoms with Gasteiger partial charge in [-0.15, -0.1) is 0 Å². The number of hydrogen-bond donors (Lipinski definition) is 0. The Hall–Kier alpha value is -3.03. The van der Waals surface area contributed by atoms with Gasteiger partial charge in [0.05, 0.1) is 6.61 Å². The van der Waals surface area contributed by atoms with Crippen molar-refractivity contribution < 1.29 is 19.1 Å². The van der Waals surface area contributed by atoms with E-state index in [0.29, 0.717) is 18.5 Å². The number of esters is 1. The third kappa shape index (κ3) is 3.49. The molecule has 0 saturated carbocycles. The van der Waals surface area contributed by atoms with Crippen molar-refractivity contribution in [1.29, 1.82) is 0 Å². The quantitative estimate of drug-likeness (QED) is 0.565. The molecular weight excluding hydrogens is 336 g/mol. The highest BCUT2D eigenvalue weighted by Gasteiger charge is 2.44. The van der Waals surface area contributed by atoms with Gasteiger partial charge < -0.3 is 4.74 Å². The molecule has 1 atom stereocenters. The Morgan fingerprint density at radius 3 is 2.81 bits per heavy atom. The van der Waals surface area contributed by atoms with Crippen molar-refractivity contribution in [2.75, 3.05) is 20.2 Å². The fourth-order valence-corrected chi connectivity index (χ4v) is 2.96. The maximum Gasteiger partial charge on any atom is 0.327 e. The Labute approximate surface area is 150 Å². The van der Waals surface area contributed by atoms with Crippen LogP contribution >= 0.6 is 0 Å². The monoisotopic (exact) mass is 356 g/mol. The number of carbonyl (C=O) groups is 3. The van der Waals surface area contributed by atoms with Crippen molar-refractivity contribution in [2.45, 2.75) is 19.8 Å². The molecule has 1 aliphatic heterocycles. The van der Waals surface area contributed by atoms with Crippen LogP contribution in [0.1, 0.15) is 19.0 Å². The van der Waals surface area contributed by atoms with Crippen LogP contribution < -0.4 is 0 Å². The summed E-state index contributed by atoms with van der Waals surface area (Å²) < 4.78 is 4.85. The summed E-state index contributed by atoms with van der Waals surface area (Å²) in [5, 5.41) is 3.27. The van der Waals surface area contributed by atoms with Crippen LogP contribution in [0.4, 0.5) is 0 Å². The van der Waals surface area contributed by atoms with E-state index in [9.17, 15) is 14.4 Å². The van der Waals surface area contributed by atoms with Crippen LogP contribution in [-0.4, -0.2) is 58.0 Å². The number of amides is 2. The van der Waals surface area contributed by atoms with Crippen LogP contribution in [0.25, 0.3) is 11.0 Å². The van der Waals surface area contributed by atoms with Gasteiger partial charge in [0.25, 0.3) is 11.8 Å². The third-order valence-electron chi connectivity index (χ3n) is 4.33. The highest BCUT2D eigenvalue weighted by Crippen LogP contribution is 2.23. The highest BCUT2D eigenvalue weighted by molar-refractivity contribution is 6.06. The number of aryl methyl sites for hydroxylation is 1. The lowest BCUT2D eigenvalue weighted by Crippen LogP contribution is -2.41. The Balaban J connectivity index is 1.67. The van der Waals surface area contributed by atoms with Gasteiger partial charge in [-0.05, 0) is 44.0 Å². The molecule has 0 N–H and O–H groups in total.